The Morgan fingerprint density at radius 2 is 2.04 bits per heavy atom. The molecule has 24 heavy (non-hydrogen) atoms. The van der Waals surface area contributed by atoms with E-state index in [2.05, 4.69) is 10.6 Å². The maximum Gasteiger partial charge on any atom is 0.291 e. The van der Waals surface area contributed by atoms with Crippen LogP contribution in [-0.2, 0) is 0 Å². The van der Waals surface area contributed by atoms with E-state index in [0.29, 0.717) is 17.7 Å². The molecular formula is C18H18N2O4. The molecule has 0 bridgehead atoms. The monoisotopic (exact) mass is 326 g/mol. The molecule has 1 heterocycles. The van der Waals surface area contributed by atoms with E-state index in [9.17, 15) is 9.59 Å². The summed E-state index contributed by atoms with van der Waals surface area (Å²) in [5.74, 6) is -0.301. The summed E-state index contributed by atoms with van der Waals surface area (Å²) in [6.45, 7) is 0.0805. The molecule has 1 aromatic heterocycles. The molecule has 3 N–H and O–H groups in total. The third-order valence-electron chi connectivity index (χ3n) is 3.85. The first-order valence-corrected chi connectivity index (χ1v) is 7.70. The molecule has 2 aromatic rings. The smallest absolute Gasteiger partial charge is 0.291 e. The van der Waals surface area contributed by atoms with Gasteiger partial charge in [-0.05, 0) is 36.8 Å². The number of hydrogen-bond donors (Lipinski definition) is 3. The molecule has 3 rings (SSSR count). The van der Waals surface area contributed by atoms with Gasteiger partial charge >= 0.3 is 0 Å². The molecule has 124 valence electrons. The highest BCUT2D eigenvalue weighted by Crippen LogP contribution is 2.18. The fraction of sp³-hybridized carbons (Fsp3) is 0.222. The van der Waals surface area contributed by atoms with E-state index >= 15 is 0 Å². The first-order chi connectivity index (χ1) is 11.7. The van der Waals surface area contributed by atoms with Crippen LogP contribution in [0.15, 0.2) is 59.2 Å². The van der Waals surface area contributed by atoms with Crippen molar-refractivity contribution in [3.8, 4) is 0 Å². The number of aliphatic hydroxyl groups is 1. The summed E-state index contributed by atoms with van der Waals surface area (Å²) in [7, 11) is 0. The zero-order chi connectivity index (χ0) is 16.9. The molecule has 0 radical (unpaired) electrons. The predicted molar refractivity (Wildman–Crippen MR) is 88.7 cm³/mol. The fourth-order valence-electron chi connectivity index (χ4n) is 2.61. The van der Waals surface area contributed by atoms with Crippen molar-refractivity contribution in [2.75, 3.05) is 11.9 Å². The van der Waals surface area contributed by atoms with Gasteiger partial charge in [0.15, 0.2) is 5.76 Å². The fourth-order valence-corrected chi connectivity index (χ4v) is 2.61. The summed E-state index contributed by atoms with van der Waals surface area (Å²) >= 11 is 0. The van der Waals surface area contributed by atoms with E-state index in [-0.39, 0.29) is 36.1 Å². The Hall–Kier alpha value is -2.86. The van der Waals surface area contributed by atoms with Crippen molar-refractivity contribution in [2.24, 2.45) is 5.92 Å². The Morgan fingerprint density at radius 3 is 2.75 bits per heavy atom. The van der Waals surface area contributed by atoms with E-state index in [4.69, 9.17) is 9.52 Å². The lowest BCUT2D eigenvalue weighted by Gasteiger charge is -2.13. The Labute approximate surface area is 139 Å². The van der Waals surface area contributed by atoms with Crippen LogP contribution >= 0.6 is 0 Å². The van der Waals surface area contributed by atoms with E-state index in [1.54, 1.807) is 36.4 Å². The van der Waals surface area contributed by atoms with Gasteiger partial charge in [0.05, 0.1) is 6.26 Å². The number of hydrogen-bond acceptors (Lipinski definition) is 4. The number of carbonyl (C=O) groups is 2. The lowest BCUT2D eigenvalue weighted by atomic mass is 10.1. The van der Waals surface area contributed by atoms with Crippen molar-refractivity contribution < 1.29 is 19.1 Å². The van der Waals surface area contributed by atoms with Crippen LogP contribution in [0.25, 0.3) is 0 Å². The van der Waals surface area contributed by atoms with Crippen LogP contribution < -0.4 is 10.6 Å². The summed E-state index contributed by atoms with van der Waals surface area (Å²) in [4.78, 5) is 24.3. The van der Waals surface area contributed by atoms with Gasteiger partial charge < -0.3 is 20.2 Å². The van der Waals surface area contributed by atoms with Crippen LogP contribution in [0.3, 0.4) is 0 Å². The van der Waals surface area contributed by atoms with Gasteiger partial charge in [-0.1, -0.05) is 18.2 Å². The second kappa shape index (κ2) is 7.14. The Bertz CT molecular complexity index is 752. The predicted octanol–water partition coefficient (Wildman–Crippen LogP) is 2.20. The van der Waals surface area contributed by atoms with Gasteiger partial charge in [-0.3, -0.25) is 9.59 Å². The number of aliphatic hydroxyl groups excluding tert-OH is 1. The zero-order valence-corrected chi connectivity index (χ0v) is 12.9. The van der Waals surface area contributed by atoms with Gasteiger partial charge in [0, 0.05) is 29.8 Å². The number of benzene rings is 1. The molecule has 6 heteroatoms. The molecule has 0 fully saturated rings. The molecule has 0 saturated carbocycles. The van der Waals surface area contributed by atoms with Crippen molar-refractivity contribution in [1.82, 2.24) is 5.32 Å². The van der Waals surface area contributed by atoms with Crippen molar-refractivity contribution in [3.05, 3.63) is 66.1 Å². The highest BCUT2D eigenvalue weighted by molar-refractivity contribution is 6.03. The van der Waals surface area contributed by atoms with Crippen LogP contribution in [0.1, 0.15) is 27.3 Å². The van der Waals surface area contributed by atoms with Crippen molar-refractivity contribution in [2.45, 2.75) is 12.5 Å². The number of amides is 2. The topological polar surface area (TPSA) is 91.6 Å². The SMILES string of the molecule is O=C(N[C@@H]1C=C[C@H](CO)C1)c1cccc(NC(=O)c2ccco2)c1. The average molecular weight is 326 g/mol. The van der Waals surface area contributed by atoms with Crippen molar-refractivity contribution >= 4 is 17.5 Å². The Kier molecular flexibility index (Phi) is 4.77. The molecule has 6 nitrogen and oxygen atoms in total. The number of rotatable bonds is 5. The molecule has 2 amide bonds. The van der Waals surface area contributed by atoms with Gasteiger partial charge in [-0.15, -0.1) is 0 Å². The number of furan rings is 1. The number of nitrogens with one attached hydrogen (secondary N) is 2. The first-order valence-electron chi connectivity index (χ1n) is 7.70. The van der Waals surface area contributed by atoms with Gasteiger partial charge in [0.25, 0.3) is 11.8 Å². The highest BCUT2D eigenvalue weighted by atomic mass is 16.3. The zero-order valence-electron chi connectivity index (χ0n) is 12.9. The molecule has 0 aliphatic heterocycles. The van der Waals surface area contributed by atoms with Crippen molar-refractivity contribution in [1.29, 1.82) is 0 Å². The quantitative estimate of drug-likeness (QED) is 0.735. The van der Waals surface area contributed by atoms with Crippen LogP contribution in [0.5, 0.6) is 0 Å². The van der Waals surface area contributed by atoms with Crippen LogP contribution in [0.2, 0.25) is 0 Å². The number of anilines is 1. The van der Waals surface area contributed by atoms with E-state index in [1.165, 1.54) is 6.26 Å². The molecule has 1 aliphatic rings. The lowest BCUT2D eigenvalue weighted by molar-refractivity contribution is 0.0939. The molecule has 0 spiro atoms. The second-order valence-corrected chi connectivity index (χ2v) is 5.66. The van der Waals surface area contributed by atoms with Crippen LogP contribution in [0, 0.1) is 5.92 Å². The van der Waals surface area contributed by atoms with E-state index in [0.717, 1.165) is 0 Å². The minimum Gasteiger partial charge on any atom is -0.459 e. The second-order valence-electron chi connectivity index (χ2n) is 5.66. The largest absolute Gasteiger partial charge is 0.459 e. The third-order valence-corrected chi connectivity index (χ3v) is 3.85. The minimum absolute atomic E-state index is 0.0805. The normalized spacial score (nSPS) is 19.2. The summed E-state index contributed by atoms with van der Waals surface area (Å²) in [5, 5.41) is 14.7. The van der Waals surface area contributed by atoms with E-state index < -0.39 is 0 Å². The third kappa shape index (κ3) is 3.72. The molecule has 0 saturated heterocycles. The molecule has 1 aromatic carbocycles. The average Bonchev–Trinajstić information content (AvgIpc) is 3.26. The van der Waals surface area contributed by atoms with Crippen LogP contribution in [-0.4, -0.2) is 29.6 Å². The maximum atomic E-state index is 12.3. The minimum atomic E-state index is -0.373. The standard InChI is InChI=1S/C18H18N2O4/c21-11-12-6-7-15(9-12)19-17(22)13-3-1-4-14(10-13)20-18(23)16-5-2-8-24-16/h1-8,10,12,15,21H,9,11H2,(H,19,22)(H,20,23)/t12-,15+/m0/s1. The van der Waals surface area contributed by atoms with Crippen molar-refractivity contribution in [3.63, 3.8) is 0 Å². The summed E-state index contributed by atoms with van der Waals surface area (Å²) in [5.41, 5.74) is 0.965. The molecular weight excluding hydrogens is 308 g/mol. The van der Waals surface area contributed by atoms with Gasteiger partial charge in [-0.2, -0.15) is 0 Å². The molecule has 0 unspecified atom stereocenters. The first kappa shape index (κ1) is 16.0. The van der Waals surface area contributed by atoms with Gasteiger partial charge in [0.2, 0.25) is 0 Å². The lowest BCUT2D eigenvalue weighted by Crippen LogP contribution is -2.32. The number of carbonyl (C=O) groups excluding carboxylic acids is 2. The Morgan fingerprint density at radius 1 is 1.17 bits per heavy atom. The van der Waals surface area contributed by atoms with Gasteiger partial charge in [0.1, 0.15) is 0 Å². The summed E-state index contributed by atoms with van der Waals surface area (Å²) < 4.78 is 5.04. The van der Waals surface area contributed by atoms with Gasteiger partial charge in [-0.25, -0.2) is 0 Å². The van der Waals surface area contributed by atoms with E-state index in [1.807, 2.05) is 12.2 Å². The summed E-state index contributed by atoms with van der Waals surface area (Å²) in [6.07, 6.45) is 5.91. The summed E-state index contributed by atoms with van der Waals surface area (Å²) in [6, 6.07) is 9.81. The molecule has 1 aliphatic carbocycles. The highest BCUT2D eigenvalue weighted by Gasteiger charge is 2.20. The Balaban J connectivity index is 1.63. The molecule has 2 atom stereocenters. The maximum absolute atomic E-state index is 12.3. The van der Waals surface area contributed by atoms with Crippen LogP contribution in [0.4, 0.5) is 5.69 Å².